The molecule has 1 fully saturated rings. The predicted molar refractivity (Wildman–Crippen MR) is 119 cm³/mol. The lowest BCUT2D eigenvalue weighted by atomic mass is 9.89. The number of likely N-dealkylation sites (tertiary alicyclic amines) is 1. The van der Waals surface area contributed by atoms with Crippen LogP contribution >= 0.6 is 0 Å². The van der Waals surface area contributed by atoms with Gasteiger partial charge in [-0.05, 0) is 38.6 Å². The zero-order chi connectivity index (χ0) is 21.0. The second-order valence-corrected chi connectivity index (χ2v) is 8.77. The van der Waals surface area contributed by atoms with Crippen LogP contribution in [0.4, 0.5) is 11.4 Å². The minimum atomic E-state index is -0.341. The van der Waals surface area contributed by atoms with Gasteiger partial charge >= 0.3 is 0 Å². The average molecular weight is 406 g/mol. The number of amidine groups is 1. The molecule has 3 heterocycles. The number of carbonyl (C=O) groups is 1. The Balaban J connectivity index is 1.67. The summed E-state index contributed by atoms with van der Waals surface area (Å²) >= 11 is 0. The van der Waals surface area contributed by atoms with Crippen LogP contribution in [0.1, 0.15) is 13.8 Å². The topological polar surface area (TPSA) is 60.4 Å². The van der Waals surface area contributed by atoms with E-state index in [1.165, 1.54) is 0 Å². The molecule has 0 saturated carbocycles. The molecule has 1 amide bonds. The molecular weight excluding hydrogens is 378 g/mol. The van der Waals surface area contributed by atoms with Gasteiger partial charge in [-0.2, -0.15) is 5.10 Å². The Morgan fingerprint density at radius 2 is 1.97 bits per heavy atom. The predicted octanol–water partition coefficient (Wildman–Crippen LogP) is 2.52. The molecule has 0 radical (unpaired) electrons. The molecule has 156 valence electrons. The standard InChI is InChI=1S/C23H27N5O2/c1-15-22(29)25-24-21-12-30-20-10-17(16-8-6-5-7-9-16)18(11-19(20)28(15)21)27(4)23(2)13-26(3)14-23/h5-11,15H,12-14H2,1-4H3,(H,25,29)/t15-/m0/s1. The highest BCUT2D eigenvalue weighted by Crippen LogP contribution is 2.45. The maximum atomic E-state index is 12.3. The van der Waals surface area contributed by atoms with Gasteiger partial charge in [-0.1, -0.05) is 30.3 Å². The van der Waals surface area contributed by atoms with Crippen LogP contribution in [-0.4, -0.2) is 62.0 Å². The van der Waals surface area contributed by atoms with E-state index in [0.717, 1.165) is 47.2 Å². The van der Waals surface area contributed by atoms with Crippen molar-refractivity contribution in [3.05, 3.63) is 42.5 Å². The molecule has 1 saturated heterocycles. The molecule has 0 aliphatic carbocycles. The van der Waals surface area contributed by atoms with Crippen molar-refractivity contribution in [2.45, 2.75) is 25.4 Å². The third-order valence-corrected chi connectivity index (χ3v) is 6.51. The van der Waals surface area contributed by atoms with Crippen molar-refractivity contribution >= 4 is 23.1 Å². The first-order chi connectivity index (χ1) is 14.4. The Morgan fingerprint density at radius 1 is 1.23 bits per heavy atom. The third kappa shape index (κ3) is 2.84. The molecule has 2 aromatic carbocycles. The highest BCUT2D eigenvalue weighted by molar-refractivity contribution is 6.10. The number of amides is 1. The number of carbonyl (C=O) groups excluding carboxylic acids is 1. The summed E-state index contributed by atoms with van der Waals surface area (Å²) in [7, 11) is 4.30. The molecule has 2 aromatic rings. The van der Waals surface area contributed by atoms with Gasteiger partial charge < -0.3 is 19.4 Å². The first kappa shape index (κ1) is 18.9. The number of hydrazone groups is 1. The zero-order valence-corrected chi connectivity index (χ0v) is 17.8. The number of fused-ring (bicyclic) bond motifs is 3. The maximum Gasteiger partial charge on any atom is 0.262 e. The lowest BCUT2D eigenvalue weighted by molar-refractivity contribution is -0.122. The van der Waals surface area contributed by atoms with Gasteiger partial charge in [0, 0.05) is 31.4 Å². The number of anilines is 2. The lowest BCUT2D eigenvalue weighted by Gasteiger charge is -2.53. The summed E-state index contributed by atoms with van der Waals surface area (Å²) in [5.74, 6) is 1.40. The second-order valence-electron chi connectivity index (χ2n) is 8.77. The summed E-state index contributed by atoms with van der Waals surface area (Å²) in [5.41, 5.74) is 6.92. The molecule has 0 unspecified atom stereocenters. The van der Waals surface area contributed by atoms with Gasteiger partial charge in [-0.3, -0.25) is 4.79 Å². The van der Waals surface area contributed by atoms with Crippen molar-refractivity contribution < 1.29 is 9.53 Å². The van der Waals surface area contributed by atoms with Crippen molar-refractivity contribution in [1.29, 1.82) is 0 Å². The van der Waals surface area contributed by atoms with E-state index in [1.807, 2.05) is 17.9 Å². The number of hydrogen-bond donors (Lipinski definition) is 1. The summed E-state index contributed by atoms with van der Waals surface area (Å²) in [6, 6.07) is 14.3. The van der Waals surface area contributed by atoms with Crippen molar-refractivity contribution in [2.24, 2.45) is 5.10 Å². The van der Waals surface area contributed by atoms with E-state index < -0.39 is 0 Å². The second kappa shape index (κ2) is 6.74. The van der Waals surface area contributed by atoms with Gasteiger partial charge in [-0.15, -0.1) is 0 Å². The Bertz CT molecular complexity index is 1030. The van der Waals surface area contributed by atoms with Crippen LogP contribution in [0.5, 0.6) is 5.75 Å². The molecule has 3 aliphatic heterocycles. The Kier molecular flexibility index (Phi) is 4.25. The van der Waals surface area contributed by atoms with Crippen LogP contribution in [0.3, 0.4) is 0 Å². The Hall–Kier alpha value is -3.06. The van der Waals surface area contributed by atoms with Crippen molar-refractivity contribution in [3.63, 3.8) is 0 Å². The van der Waals surface area contributed by atoms with Crippen LogP contribution in [0.15, 0.2) is 47.6 Å². The Labute approximate surface area is 176 Å². The van der Waals surface area contributed by atoms with Gasteiger partial charge in [0.25, 0.3) is 5.91 Å². The van der Waals surface area contributed by atoms with Crippen LogP contribution in [0, 0.1) is 0 Å². The highest BCUT2D eigenvalue weighted by Gasteiger charge is 2.42. The molecular formula is C23H27N5O2. The summed E-state index contributed by atoms with van der Waals surface area (Å²) in [6.45, 7) is 6.53. The Morgan fingerprint density at radius 3 is 2.67 bits per heavy atom. The van der Waals surface area contributed by atoms with Crippen molar-refractivity contribution in [2.75, 3.05) is 43.6 Å². The number of nitrogens with zero attached hydrogens (tertiary/aromatic N) is 4. The molecule has 1 N–H and O–H groups in total. The van der Waals surface area contributed by atoms with E-state index in [4.69, 9.17) is 4.74 Å². The van der Waals surface area contributed by atoms with E-state index >= 15 is 0 Å². The van der Waals surface area contributed by atoms with Crippen LogP contribution in [0.25, 0.3) is 11.1 Å². The van der Waals surface area contributed by atoms with E-state index in [1.54, 1.807) is 0 Å². The zero-order valence-electron chi connectivity index (χ0n) is 17.8. The van der Waals surface area contributed by atoms with Gasteiger partial charge in [-0.25, -0.2) is 5.43 Å². The van der Waals surface area contributed by atoms with Crippen LogP contribution in [0.2, 0.25) is 0 Å². The molecule has 5 rings (SSSR count). The highest BCUT2D eigenvalue weighted by atomic mass is 16.5. The number of hydrogen-bond acceptors (Lipinski definition) is 6. The number of nitrogens with one attached hydrogen (secondary N) is 1. The fourth-order valence-electron chi connectivity index (χ4n) is 4.81. The van der Waals surface area contributed by atoms with Gasteiger partial charge in [0.15, 0.2) is 5.84 Å². The summed E-state index contributed by atoms with van der Waals surface area (Å²) < 4.78 is 6.07. The molecule has 7 heteroatoms. The van der Waals surface area contributed by atoms with E-state index in [2.05, 4.69) is 77.7 Å². The van der Waals surface area contributed by atoms with E-state index in [9.17, 15) is 4.79 Å². The average Bonchev–Trinajstić information content (AvgIpc) is 2.74. The minimum Gasteiger partial charge on any atom is -0.483 e. The number of likely N-dealkylation sites (N-methyl/N-ethyl adjacent to an activating group) is 2. The number of rotatable bonds is 3. The van der Waals surface area contributed by atoms with Gasteiger partial charge in [0.2, 0.25) is 0 Å². The summed E-state index contributed by atoms with van der Waals surface area (Å²) in [6.07, 6.45) is 0. The molecule has 0 aromatic heterocycles. The smallest absolute Gasteiger partial charge is 0.262 e. The third-order valence-electron chi connectivity index (χ3n) is 6.51. The van der Waals surface area contributed by atoms with E-state index in [-0.39, 0.29) is 17.5 Å². The normalized spacial score (nSPS) is 22.1. The number of benzene rings is 2. The summed E-state index contributed by atoms with van der Waals surface area (Å²) in [4.78, 5) is 19.0. The van der Waals surface area contributed by atoms with E-state index in [0.29, 0.717) is 6.61 Å². The largest absolute Gasteiger partial charge is 0.483 e. The lowest BCUT2D eigenvalue weighted by Crippen LogP contribution is -2.66. The first-order valence-corrected chi connectivity index (χ1v) is 10.3. The van der Waals surface area contributed by atoms with Gasteiger partial charge in [0.1, 0.15) is 18.4 Å². The van der Waals surface area contributed by atoms with Gasteiger partial charge in [0.05, 0.1) is 11.2 Å². The molecule has 30 heavy (non-hydrogen) atoms. The SMILES string of the molecule is C[C@H]1C(=O)NN=C2COc3cc(-c4ccccc4)c(N(C)C4(C)CN(C)C4)cc3N21. The molecule has 0 bridgehead atoms. The fraction of sp³-hybridized carbons (Fsp3) is 0.391. The molecule has 0 spiro atoms. The monoisotopic (exact) mass is 405 g/mol. The molecule has 1 atom stereocenters. The van der Waals surface area contributed by atoms with Crippen LogP contribution in [-0.2, 0) is 4.79 Å². The fourth-order valence-corrected chi connectivity index (χ4v) is 4.81. The first-order valence-electron chi connectivity index (χ1n) is 10.3. The summed E-state index contributed by atoms with van der Waals surface area (Å²) in [5, 5.41) is 4.22. The molecule has 3 aliphatic rings. The molecule has 7 nitrogen and oxygen atoms in total. The minimum absolute atomic E-state index is 0.0455. The number of ether oxygens (including phenoxy) is 1. The van der Waals surface area contributed by atoms with Crippen molar-refractivity contribution in [3.8, 4) is 16.9 Å². The van der Waals surface area contributed by atoms with Crippen LogP contribution < -0.4 is 20.0 Å². The van der Waals surface area contributed by atoms with Crippen molar-refractivity contribution in [1.82, 2.24) is 10.3 Å². The quantitative estimate of drug-likeness (QED) is 0.850. The maximum absolute atomic E-state index is 12.3.